The smallest absolute Gasteiger partial charge is 0.265 e. The number of halogens is 2. The van der Waals surface area contributed by atoms with Crippen molar-refractivity contribution in [3.63, 3.8) is 0 Å². The van der Waals surface area contributed by atoms with Crippen LogP contribution in [0.5, 0.6) is 0 Å². The molecule has 2 N–H and O–H groups in total. The summed E-state index contributed by atoms with van der Waals surface area (Å²) in [5.41, 5.74) is 7.24. The first-order chi connectivity index (χ1) is 8.06. The van der Waals surface area contributed by atoms with Crippen molar-refractivity contribution in [2.75, 3.05) is 5.73 Å². The van der Waals surface area contributed by atoms with Crippen molar-refractivity contribution in [1.29, 1.82) is 0 Å². The van der Waals surface area contributed by atoms with Gasteiger partial charge in [0.2, 0.25) is 0 Å². The van der Waals surface area contributed by atoms with Crippen molar-refractivity contribution in [3.8, 4) is 0 Å². The van der Waals surface area contributed by atoms with E-state index in [0.717, 1.165) is 10.0 Å². The number of hydrogen-bond donors (Lipinski definition) is 1. The molecule has 0 saturated heterocycles. The van der Waals surface area contributed by atoms with Crippen LogP contribution in [0.4, 0.5) is 5.69 Å². The van der Waals surface area contributed by atoms with Gasteiger partial charge in [-0.2, -0.15) is 0 Å². The van der Waals surface area contributed by atoms with Gasteiger partial charge in [-0.25, -0.2) is 0 Å². The number of rotatable bonds is 2. The highest BCUT2D eigenvalue weighted by Crippen LogP contribution is 2.13. The maximum absolute atomic E-state index is 11.8. The molecule has 0 amide bonds. The fourth-order valence-corrected chi connectivity index (χ4v) is 2.28. The molecule has 0 unspecified atom stereocenters. The second-order valence-electron chi connectivity index (χ2n) is 3.68. The minimum Gasteiger partial charge on any atom is -0.398 e. The molecule has 0 aliphatic carbocycles. The van der Waals surface area contributed by atoms with Gasteiger partial charge >= 0.3 is 0 Å². The molecule has 0 spiro atoms. The number of nitrogens with zero attached hydrogens (tertiary/aromatic N) is 1. The minimum absolute atomic E-state index is 0.0814. The van der Waals surface area contributed by atoms with E-state index in [0.29, 0.717) is 16.7 Å². The van der Waals surface area contributed by atoms with Crippen LogP contribution in [0.3, 0.4) is 0 Å². The molecule has 3 nitrogen and oxygen atoms in total. The van der Waals surface area contributed by atoms with E-state index in [1.165, 1.54) is 0 Å². The summed E-state index contributed by atoms with van der Waals surface area (Å²) in [4.78, 5) is 11.8. The third-order valence-electron chi connectivity index (χ3n) is 2.33. The van der Waals surface area contributed by atoms with Gasteiger partial charge < -0.3 is 10.3 Å². The SMILES string of the molecule is Nc1cc(Br)c(=O)n(Cc2ccc(Br)cc2)c1. The molecule has 0 bridgehead atoms. The monoisotopic (exact) mass is 356 g/mol. The molecular weight excluding hydrogens is 348 g/mol. The molecule has 0 saturated carbocycles. The van der Waals surface area contributed by atoms with Gasteiger partial charge in [0.05, 0.1) is 11.0 Å². The van der Waals surface area contributed by atoms with Crippen LogP contribution in [-0.4, -0.2) is 4.57 Å². The van der Waals surface area contributed by atoms with Crippen molar-refractivity contribution in [2.45, 2.75) is 6.54 Å². The lowest BCUT2D eigenvalue weighted by molar-refractivity contribution is 0.757. The van der Waals surface area contributed by atoms with Gasteiger partial charge in [0.1, 0.15) is 0 Å². The summed E-state index contributed by atoms with van der Waals surface area (Å²) in [6.07, 6.45) is 1.65. The normalized spacial score (nSPS) is 10.5. The van der Waals surface area contributed by atoms with E-state index < -0.39 is 0 Å². The zero-order valence-corrected chi connectivity index (χ0v) is 12.0. The molecule has 88 valence electrons. The summed E-state index contributed by atoms with van der Waals surface area (Å²) < 4.78 is 3.08. The maximum Gasteiger partial charge on any atom is 0.265 e. The Morgan fingerprint density at radius 3 is 2.47 bits per heavy atom. The maximum atomic E-state index is 11.8. The zero-order valence-electron chi connectivity index (χ0n) is 8.86. The van der Waals surface area contributed by atoms with Gasteiger partial charge in [0, 0.05) is 16.4 Å². The number of hydrogen-bond acceptors (Lipinski definition) is 2. The standard InChI is InChI=1S/C12H10Br2N2O/c13-9-3-1-8(2-4-9)6-16-7-10(15)5-11(14)12(16)17/h1-5,7H,6,15H2. The lowest BCUT2D eigenvalue weighted by atomic mass is 10.2. The summed E-state index contributed by atoms with van der Waals surface area (Å²) in [6.45, 7) is 0.510. The summed E-state index contributed by atoms with van der Waals surface area (Å²) in [6, 6.07) is 9.44. The fourth-order valence-electron chi connectivity index (χ4n) is 1.53. The van der Waals surface area contributed by atoms with Crippen LogP contribution >= 0.6 is 31.9 Å². The van der Waals surface area contributed by atoms with E-state index in [9.17, 15) is 4.79 Å². The Bertz CT molecular complexity index is 590. The quantitative estimate of drug-likeness (QED) is 0.898. The Labute approximate surface area is 116 Å². The van der Waals surface area contributed by atoms with E-state index in [-0.39, 0.29) is 5.56 Å². The van der Waals surface area contributed by atoms with Crippen LogP contribution < -0.4 is 11.3 Å². The lowest BCUT2D eigenvalue weighted by Crippen LogP contribution is -2.21. The molecule has 0 aliphatic heterocycles. The molecule has 1 heterocycles. The van der Waals surface area contributed by atoms with E-state index in [4.69, 9.17) is 5.73 Å². The third kappa shape index (κ3) is 2.98. The predicted molar refractivity (Wildman–Crippen MR) is 76.1 cm³/mol. The first-order valence-corrected chi connectivity index (χ1v) is 6.55. The van der Waals surface area contributed by atoms with Gasteiger partial charge in [-0.15, -0.1) is 0 Å². The van der Waals surface area contributed by atoms with E-state index in [1.54, 1.807) is 16.8 Å². The first kappa shape index (κ1) is 12.4. The van der Waals surface area contributed by atoms with Crippen molar-refractivity contribution in [1.82, 2.24) is 4.57 Å². The first-order valence-electron chi connectivity index (χ1n) is 4.96. The van der Waals surface area contributed by atoms with E-state index >= 15 is 0 Å². The van der Waals surface area contributed by atoms with Crippen molar-refractivity contribution in [2.24, 2.45) is 0 Å². The average Bonchev–Trinajstić information content (AvgIpc) is 2.28. The Balaban J connectivity index is 2.36. The van der Waals surface area contributed by atoms with Crippen LogP contribution in [0.15, 0.2) is 50.3 Å². The van der Waals surface area contributed by atoms with Crippen molar-refractivity contribution < 1.29 is 0 Å². The summed E-state index contributed by atoms with van der Waals surface area (Å²) in [7, 11) is 0. The molecule has 5 heteroatoms. The molecule has 1 aromatic carbocycles. The van der Waals surface area contributed by atoms with Crippen LogP contribution in [0, 0.1) is 0 Å². The van der Waals surface area contributed by atoms with Crippen LogP contribution in [0.1, 0.15) is 5.56 Å². The highest BCUT2D eigenvalue weighted by atomic mass is 79.9. The lowest BCUT2D eigenvalue weighted by Gasteiger charge is -2.07. The number of benzene rings is 1. The largest absolute Gasteiger partial charge is 0.398 e. The topological polar surface area (TPSA) is 48.0 Å². The molecule has 0 fully saturated rings. The van der Waals surface area contributed by atoms with E-state index in [2.05, 4.69) is 31.9 Å². The third-order valence-corrected chi connectivity index (χ3v) is 3.43. The summed E-state index contributed by atoms with van der Waals surface area (Å²) in [5.74, 6) is 0. The molecule has 0 atom stereocenters. The molecular formula is C12H10Br2N2O. The number of nitrogens with two attached hydrogens (primary N) is 1. The second kappa shape index (κ2) is 5.06. The number of nitrogen functional groups attached to an aromatic ring is 1. The van der Waals surface area contributed by atoms with Crippen molar-refractivity contribution in [3.05, 3.63) is 61.4 Å². The number of anilines is 1. The van der Waals surface area contributed by atoms with Gasteiger partial charge in [-0.05, 0) is 39.7 Å². The Hall–Kier alpha value is -1.07. The molecule has 2 rings (SSSR count). The van der Waals surface area contributed by atoms with Crippen LogP contribution in [0.2, 0.25) is 0 Å². The minimum atomic E-state index is -0.0814. The molecule has 17 heavy (non-hydrogen) atoms. The second-order valence-corrected chi connectivity index (χ2v) is 5.45. The van der Waals surface area contributed by atoms with Crippen LogP contribution in [0.25, 0.3) is 0 Å². The molecule has 0 radical (unpaired) electrons. The zero-order chi connectivity index (χ0) is 12.4. The van der Waals surface area contributed by atoms with Gasteiger partial charge in [-0.3, -0.25) is 4.79 Å². The number of pyridine rings is 1. The highest BCUT2D eigenvalue weighted by molar-refractivity contribution is 9.10. The predicted octanol–water partition coefficient (Wildman–Crippen LogP) is 3.00. The van der Waals surface area contributed by atoms with Crippen molar-refractivity contribution >= 4 is 37.5 Å². The van der Waals surface area contributed by atoms with Crippen LogP contribution in [-0.2, 0) is 6.54 Å². The summed E-state index contributed by atoms with van der Waals surface area (Å²) in [5, 5.41) is 0. The van der Waals surface area contributed by atoms with Gasteiger partial charge in [-0.1, -0.05) is 28.1 Å². The van der Waals surface area contributed by atoms with Gasteiger partial charge in [0.15, 0.2) is 0 Å². The Morgan fingerprint density at radius 1 is 1.18 bits per heavy atom. The molecule has 0 aliphatic rings. The average molecular weight is 358 g/mol. The highest BCUT2D eigenvalue weighted by Gasteiger charge is 2.03. The fraction of sp³-hybridized carbons (Fsp3) is 0.0833. The Kier molecular flexibility index (Phi) is 3.69. The number of aromatic nitrogens is 1. The van der Waals surface area contributed by atoms with E-state index in [1.807, 2.05) is 24.3 Å². The molecule has 2 aromatic rings. The molecule has 1 aromatic heterocycles. The Morgan fingerprint density at radius 2 is 1.82 bits per heavy atom. The summed E-state index contributed by atoms with van der Waals surface area (Å²) >= 11 is 6.57. The van der Waals surface area contributed by atoms with Gasteiger partial charge in [0.25, 0.3) is 5.56 Å².